The Labute approximate surface area is 164 Å². The highest BCUT2D eigenvalue weighted by Crippen LogP contribution is 2.44. The van der Waals surface area contributed by atoms with Crippen molar-refractivity contribution in [3.8, 4) is 0 Å². The van der Waals surface area contributed by atoms with Crippen LogP contribution in [0.25, 0.3) is 0 Å². The summed E-state index contributed by atoms with van der Waals surface area (Å²) in [5.41, 5.74) is 1.07. The highest BCUT2D eigenvalue weighted by atomic mass is 19.1. The molecule has 28 heavy (non-hydrogen) atoms. The van der Waals surface area contributed by atoms with Gasteiger partial charge in [-0.15, -0.1) is 0 Å². The molecule has 4 rings (SSSR count). The Bertz CT molecular complexity index is 840. The summed E-state index contributed by atoms with van der Waals surface area (Å²) in [7, 11) is 0. The molecule has 1 N–H and O–H groups in total. The van der Waals surface area contributed by atoms with Crippen LogP contribution >= 0.6 is 0 Å². The third-order valence-corrected chi connectivity index (χ3v) is 6.07. The lowest BCUT2D eigenvalue weighted by molar-refractivity contribution is 0.00205. The predicted octanol–water partition coefficient (Wildman–Crippen LogP) is 2.91. The van der Waals surface area contributed by atoms with Crippen molar-refractivity contribution in [2.45, 2.75) is 19.8 Å². The Hall–Kier alpha value is -2.54. The van der Waals surface area contributed by atoms with Gasteiger partial charge in [0.2, 0.25) is 5.95 Å². The lowest BCUT2D eigenvalue weighted by Crippen LogP contribution is -2.39. The average Bonchev–Trinajstić information content (AvgIpc) is 3.07. The van der Waals surface area contributed by atoms with Crippen molar-refractivity contribution in [1.29, 1.82) is 0 Å². The Morgan fingerprint density at radius 2 is 2.07 bits per heavy atom. The summed E-state index contributed by atoms with van der Waals surface area (Å²) in [6, 6.07) is 6.36. The minimum atomic E-state index is -0.288. The van der Waals surface area contributed by atoms with E-state index in [9.17, 15) is 9.18 Å². The van der Waals surface area contributed by atoms with E-state index in [0.29, 0.717) is 36.7 Å². The number of aromatic nitrogens is 2. The smallest absolute Gasteiger partial charge is 0.253 e. The first-order valence-electron chi connectivity index (χ1n) is 9.71. The maximum absolute atomic E-state index is 13.6. The van der Waals surface area contributed by atoms with Crippen molar-refractivity contribution < 1.29 is 13.9 Å². The summed E-state index contributed by atoms with van der Waals surface area (Å²) in [5, 5.41) is 3.32. The van der Waals surface area contributed by atoms with E-state index in [4.69, 9.17) is 4.74 Å². The molecule has 1 aromatic carbocycles. The first kappa shape index (κ1) is 18.8. The van der Waals surface area contributed by atoms with E-state index in [1.807, 2.05) is 4.90 Å². The van der Waals surface area contributed by atoms with Crippen molar-refractivity contribution >= 4 is 11.9 Å². The summed E-state index contributed by atoms with van der Waals surface area (Å²) >= 11 is 0. The summed E-state index contributed by atoms with van der Waals surface area (Å²) in [4.78, 5) is 23.5. The minimum absolute atomic E-state index is 0.0325. The highest BCUT2D eigenvalue weighted by Gasteiger charge is 2.48. The summed E-state index contributed by atoms with van der Waals surface area (Å²) < 4.78 is 19.2. The topological polar surface area (TPSA) is 67.4 Å². The van der Waals surface area contributed by atoms with Crippen LogP contribution in [-0.4, -0.2) is 53.6 Å². The predicted molar refractivity (Wildman–Crippen MR) is 104 cm³/mol. The van der Waals surface area contributed by atoms with Crippen LogP contribution in [0, 0.1) is 24.1 Å². The molecule has 6 nitrogen and oxygen atoms in total. The molecule has 1 amide bonds. The molecule has 1 atom stereocenters. The summed E-state index contributed by atoms with van der Waals surface area (Å²) in [5.74, 6) is 0.561. The molecular weight excluding hydrogens is 359 g/mol. The van der Waals surface area contributed by atoms with Gasteiger partial charge in [-0.05, 0) is 55.0 Å². The maximum atomic E-state index is 13.6. The molecule has 2 fully saturated rings. The van der Waals surface area contributed by atoms with E-state index in [2.05, 4.69) is 15.3 Å². The number of benzene rings is 1. The number of hydrogen-bond donors (Lipinski definition) is 1. The molecule has 0 saturated carbocycles. The number of nitrogens with zero attached hydrogens (tertiary/aromatic N) is 3. The molecular formula is C21H25FN4O2. The Morgan fingerprint density at radius 1 is 1.32 bits per heavy atom. The fourth-order valence-electron chi connectivity index (χ4n) is 4.38. The molecule has 7 heteroatoms. The number of carbonyl (C=O) groups is 1. The average molecular weight is 384 g/mol. The quantitative estimate of drug-likeness (QED) is 0.878. The molecule has 1 unspecified atom stereocenters. The van der Waals surface area contributed by atoms with Crippen LogP contribution in [0.15, 0.2) is 36.7 Å². The number of anilines is 1. The third-order valence-electron chi connectivity index (χ3n) is 6.07. The number of nitrogens with one attached hydrogen (secondary N) is 1. The number of halogens is 1. The lowest BCUT2D eigenvalue weighted by atomic mass is 9.72. The largest absolute Gasteiger partial charge is 0.381 e. The van der Waals surface area contributed by atoms with Gasteiger partial charge >= 0.3 is 0 Å². The lowest BCUT2D eigenvalue weighted by Gasteiger charge is -2.38. The van der Waals surface area contributed by atoms with Gasteiger partial charge < -0.3 is 15.0 Å². The van der Waals surface area contributed by atoms with Crippen LogP contribution < -0.4 is 5.32 Å². The van der Waals surface area contributed by atoms with Crippen molar-refractivity contribution in [3.63, 3.8) is 0 Å². The van der Waals surface area contributed by atoms with E-state index < -0.39 is 0 Å². The summed E-state index contributed by atoms with van der Waals surface area (Å²) in [6.45, 7) is 5.19. The second-order valence-electron chi connectivity index (χ2n) is 7.77. The van der Waals surface area contributed by atoms with Crippen LogP contribution in [-0.2, 0) is 4.74 Å². The zero-order valence-corrected chi connectivity index (χ0v) is 16.0. The summed E-state index contributed by atoms with van der Waals surface area (Å²) in [6.07, 6.45) is 5.28. The van der Waals surface area contributed by atoms with E-state index in [-0.39, 0.29) is 23.1 Å². The fraction of sp³-hybridized carbons (Fsp3) is 0.476. The van der Waals surface area contributed by atoms with Gasteiger partial charge in [0.1, 0.15) is 5.82 Å². The van der Waals surface area contributed by atoms with Crippen LogP contribution in [0.2, 0.25) is 0 Å². The fourth-order valence-corrected chi connectivity index (χ4v) is 4.38. The number of rotatable bonds is 4. The van der Waals surface area contributed by atoms with Crippen LogP contribution in [0.4, 0.5) is 10.3 Å². The van der Waals surface area contributed by atoms with Crippen molar-refractivity contribution in [3.05, 3.63) is 53.6 Å². The van der Waals surface area contributed by atoms with Crippen LogP contribution in [0.3, 0.4) is 0 Å². The maximum Gasteiger partial charge on any atom is 0.253 e. The zero-order valence-electron chi connectivity index (χ0n) is 16.0. The second kappa shape index (κ2) is 7.83. The SMILES string of the molecule is Cc1cc(C(=O)N2CC(CNc3ncccn3)C3(CCOCC3)C2)ccc1F. The monoisotopic (exact) mass is 384 g/mol. The highest BCUT2D eigenvalue weighted by molar-refractivity contribution is 5.94. The molecule has 0 radical (unpaired) electrons. The zero-order chi connectivity index (χ0) is 19.6. The van der Waals surface area contributed by atoms with Gasteiger partial charge in [0, 0.05) is 56.7 Å². The molecule has 0 aliphatic carbocycles. The normalized spacial score (nSPS) is 21.1. The van der Waals surface area contributed by atoms with E-state index >= 15 is 0 Å². The van der Waals surface area contributed by atoms with Crippen LogP contribution in [0.5, 0.6) is 0 Å². The Morgan fingerprint density at radius 3 is 2.79 bits per heavy atom. The van der Waals surface area contributed by atoms with Gasteiger partial charge in [0.05, 0.1) is 0 Å². The number of ether oxygens (including phenoxy) is 1. The number of aryl methyl sites for hydroxylation is 1. The minimum Gasteiger partial charge on any atom is -0.381 e. The van der Waals surface area contributed by atoms with Gasteiger partial charge in [0.25, 0.3) is 5.91 Å². The molecule has 0 bridgehead atoms. The molecule has 2 saturated heterocycles. The molecule has 1 aromatic heterocycles. The molecule has 1 spiro atoms. The molecule has 148 valence electrons. The van der Waals surface area contributed by atoms with Gasteiger partial charge in [-0.2, -0.15) is 0 Å². The van der Waals surface area contributed by atoms with E-state index in [1.54, 1.807) is 37.5 Å². The number of carbonyl (C=O) groups excluding carboxylic acids is 1. The number of likely N-dealkylation sites (tertiary alicyclic amines) is 1. The number of hydrogen-bond acceptors (Lipinski definition) is 5. The Kier molecular flexibility index (Phi) is 5.26. The molecule has 3 heterocycles. The Balaban J connectivity index is 1.52. The molecule has 2 aliphatic rings. The number of amides is 1. The molecule has 2 aromatic rings. The van der Waals surface area contributed by atoms with Gasteiger partial charge in [0.15, 0.2) is 0 Å². The second-order valence-corrected chi connectivity index (χ2v) is 7.77. The van der Waals surface area contributed by atoms with Crippen molar-refractivity contribution in [1.82, 2.24) is 14.9 Å². The van der Waals surface area contributed by atoms with Gasteiger partial charge in [-0.1, -0.05) is 0 Å². The van der Waals surface area contributed by atoms with Crippen molar-refractivity contribution in [2.24, 2.45) is 11.3 Å². The van der Waals surface area contributed by atoms with Gasteiger partial charge in [-0.3, -0.25) is 4.79 Å². The third kappa shape index (κ3) is 3.71. The van der Waals surface area contributed by atoms with E-state index in [1.165, 1.54) is 6.07 Å². The first-order chi connectivity index (χ1) is 13.6. The standard InChI is InChI=1S/C21H25FN4O2/c1-15-11-16(3-4-18(15)22)19(27)26-13-17(12-25-20-23-7-2-8-24-20)21(14-26)5-9-28-10-6-21/h2-4,7-8,11,17H,5-6,9-10,12-14H2,1H3,(H,23,24,25). The van der Waals surface area contributed by atoms with Gasteiger partial charge in [-0.25, -0.2) is 14.4 Å². The first-order valence-corrected chi connectivity index (χ1v) is 9.71. The molecule has 2 aliphatic heterocycles. The van der Waals surface area contributed by atoms with Crippen LogP contribution in [0.1, 0.15) is 28.8 Å². The van der Waals surface area contributed by atoms with Crippen molar-refractivity contribution in [2.75, 3.05) is 38.2 Å². The van der Waals surface area contributed by atoms with E-state index in [0.717, 1.165) is 26.1 Å².